The summed E-state index contributed by atoms with van der Waals surface area (Å²) in [4.78, 5) is 20.1. The first-order chi connectivity index (χ1) is 15.0. The molecule has 1 aromatic carbocycles. The van der Waals surface area contributed by atoms with Gasteiger partial charge in [0.1, 0.15) is 5.82 Å². The Kier molecular flexibility index (Phi) is 6.73. The minimum Gasteiger partial charge on any atom is -0.421 e. The van der Waals surface area contributed by atoms with Gasteiger partial charge in [-0.15, -0.1) is 0 Å². The lowest BCUT2D eigenvalue weighted by atomic mass is 10.2. The van der Waals surface area contributed by atoms with Crippen LogP contribution in [0, 0.1) is 18.6 Å². The van der Waals surface area contributed by atoms with E-state index < -0.39 is 32.5 Å². The van der Waals surface area contributed by atoms with E-state index in [4.69, 9.17) is 4.74 Å². The van der Waals surface area contributed by atoms with Gasteiger partial charge in [0.05, 0.1) is 22.4 Å². The van der Waals surface area contributed by atoms with Crippen molar-refractivity contribution in [3.05, 3.63) is 69.8 Å². The Morgan fingerprint density at radius 2 is 1.81 bits per heavy atom. The number of aryl methyl sites for hydroxylation is 1. The predicted molar refractivity (Wildman–Crippen MR) is 116 cm³/mol. The SMILES string of the molecule is CCC(C)S(=O)(=O)Cc1cc(-c2ccc(=O)n(C)c2)nc(Oc2c(F)ccc(F)c2C)n1. The second-order valence-corrected chi connectivity index (χ2v) is 9.92. The van der Waals surface area contributed by atoms with Crippen LogP contribution in [-0.4, -0.2) is 28.2 Å². The van der Waals surface area contributed by atoms with Gasteiger partial charge in [-0.25, -0.2) is 17.2 Å². The van der Waals surface area contributed by atoms with Gasteiger partial charge in [-0.05, 0) is 44.5 Å². The van der Waals surface area contributed by atoms with Crippen LogP contribution in [0.15, 0.2) is 41.3 Å². The molecule has 10 heteroatoms. The largest absolute Gasteiger partial charge is 0.421 e. The molecule has 0 N–H and O–H groups in total. The van der Waals surface area contributed by atoms with E-state index in [0.717, 1.165) is 12.1 Å². The highest BCUT2D eigenvalue weighted by molar-refractivity contribution is 7.91. The van der Waals surface area contributed by atoms with Gasteiger partial charge in [0.15, 0.2) is 21.4 Å². The third-order valence-corrected chi connectivity index (χ3v) is 7.42. The van der Waals surface area contributed by atoms with Gasteiger partial charge in [-0.1, -0.05) is 6.92 Å². The van der Waals surface area contributed by atoms with Gasteiger partial charge < -0.3 is 9.30 Å². The average Bonchev–Trinajstić information content (AvgIpc) is 2.74. The third-order valence-electron chi connectivity index (χ3n) is 5.16. The predicted octanol–water partition coefficient (Wildman–Crippen LogP) is 3.93. The monoisotopic (exact) mass is 463 g/mol. The number of rotatable bonds is 7. The first-order valence-corrected chi connectivity index (χ1v) is 11.6. The number of halogens is 2. The average molecular weight is 464 g/mol. The van der Waals surface area contributed by atoms with Gasteiger partial charge in [-0.2, -0.15) is 9.97 Å². The molecule has 1 atom stereocenters. The van der Waals surface area contributed by atoms with E-state index in [-0.39, 0.29) is 34.3 Å². The molecule has 2 aromatic heterocycles. The summed E-state index contributed by atoms with van der Waals surface area (Å²) in [7, 11) is -1.97. The second-order valence-electron chi connectivity index (χ2n) is 7.51. The van der Waals surface area contributed by atoms with Crippen LogP contribution < -0.4 is 10.3 Å². The molecule has 3 rings (SSSR count). The van der Waals surface area contributed by atoms with Crippen LogP contribution in [0.1, 0.15) is 31.5 Å². The Morgan fingerprint density at radius 1 is 1.12 bits per heavy atom. The van der Waals surface area contributed by atoms with Gasteiger partial charge in [0.2, 0.25) is 5.56 Å². The molecule has 0 amide bonds. The maximum atomic E-state index is 14.3. The lowest BCUT2D eigenvalue weighted by Gasteiger charge is -2.14. The zero-order valence-corrected chi connectivity index (χ0v) is 18.9. The number of ether oxygens (including phenoxy) is 1. The molecule has 0 radical (unpaired) electrons. The van der Waals surface area contributed by atoms with Gasteiger partial charge in [-0.3, -0.25) is 4.79 Å². The highest BCUT2D eigenvalue weighted by atomic mass is 32.2. The van der Waals surface area contributed by atoms with Crippen molar-refractivity contribution in [2.24, 2.45) is 7.05 Å². The smallest absolute Gasteiger partial charge is 0.322 e. The Morgan fingerprint density at radius 3 is 2.47 bits per heavy atom. The van der Waals surface area contributed by atoms with Crippen molar-refractivity contribution in [2.75, 3.05) is 0 Å². The minimum absolute atomic E-state index is 0.0742. The van der Waals surface area contributed by atoms with Crippen LogP contribution in [0.3, 0.4) is 0 Å². The molecule has 170 valence electrons. The van der Waals surface area contributed by atoms with Crippen LogP contribution in [-0.2, 0) is 22.6 Å². The highest BCUT2D eigenvalue weighted by Gasteiger charge is 2.22. The molecule has 0 aliphatic heterocycles. The third kappa shape index (κ3) is 5.01. The fourth-order valence-corrected chi connectivity index (χ4v) is 4.29. The molecule has 0 aliphatic carbocycles. The molecule has 2 heterocycles. The van der Waals surface area contributed by atoms with E-state index in [1.54, 1.807) is 20.9 Å². The van der Waals surface area contributed by atoms with Crippen molar-refractivity contribution < 1.29 is 21.9 Å². The van der Waals surface area contributed by atoms with Gasteiger partial charge >= 0.3 is 6.01 Å². The summed E-state index contributed by atoms with van der Waals surface area (Å²) in [6.07, 6.45) is 1.95. The van der Waals surface area contributed by atoms with E-state index in [1.165, 1.54) is 35.9 Å². The zero-order chi connectivity index (χ0) is 23.6. The standard InChI is InChI=1S/C22H23F2N3O4S/c1-5-13(2)32(29,30)12-16-10-19(15-6-9-20(28)27(4)11-15)26-22(25-16)31-21-14(3)17(23)7-8-18(21)24/h6-11,13H,5,12H2,1-4H3. The molecule has 7 nitrogen and oxygen atoms in total. The molecule has 0 fully saturated rings. The summed E-state index contributed by atoms with van der Waals surface area (Å²) in [5.74, 6) is -2.26. The van der Waals surface area contributed by atoms with Crippen molar-refractivity contribution in [1.82, 2.24) is 14.5 Å². The van der Waals surface area contributed by atoms with Crippen LogP contribution in [0.2, 0.25) is 0 Å². The second kappa shape index (κ2) is 9.15. The van der Waals surface area contributed by atoms with E-state index in [1.807, 2.05) is 0 Å². The van der Waals surface area contributed by atoms with Crippen LogP contribution in [0.5, 0.6) is 11.8 Å². The number of sulfone groups is 1. The van der Waals surface area contributed by atoms with E-state index in [0.29, 0.717) is 12.0 Å². The van der Waals surface area contributed by atoms with Crippen molar-refractivity contribution in [2.45, 2.75) is 38.2 Å². The molecule has 3 aromatic rings. The molecule has 32 heavy (non-hydrogen) atoms. The van der Waals surface area contributed by atoms with Crippen molar-refractivity contribution >= 4 is 9.84 Å². The summed E-state index contributed by atoms with van der Waals surface area (Å²) in [6.45, 7) is 4.72. The first kappa shape index (κ1) is 23.5. The van der Waals surface area contributed by atoms with E-state index in [9.17, 15) is 22.0 Å². The molecule has 1 unspecified atom stereocenters. The van der Waals surface area contributed by atoms with Crippen molar-refractivity contribution in [3.63, 3.8) is 0 Å². The molecule has 0 bridgehead atoms. The highest BCUT2D eigenvalue weighted by Crippen LogP contribution is 2.30. The van der Waals surface area contributed by atoms with Crippen LogP contribution in [0.4, 0.5) is 8.78 Å². The molecule has 0 spiro atoms. The lowest BCUT2D eigenvalue weighted by Crippen LogP contribution is -2.19. The normalized spacial score (nSPS) is 12.6. The Bertz CT molecular complexity index is 1320. The zero-order valence-electron chi connectivity index (χ0n) is 18.1. The van der Waals surface area contributed by atoms with Crippen LogP contribution >= 0.6 is 0 Å². The fraction of sp³-hybridized carbons (Fsp3) is 0.318. The molecule has 0 saturated carbocycles. The maximum Gasteiger partial charge on any atom is 0.322 e. The summed E-state index contributed by atoms with van der Waals surface area (Å²) < 4.78 is 60.3. The van der Waals surface area contributed by atoms with E-state index >= 15 is 0 Å². The number of nitrogens with zero attached hydrogens (tertiary/aromatic N) is 3. The Hall–Kier alpha value is -3.14. The first-order valence-electron chi connectivity index (χ1n) is 9.91. The quantitative estimate of drug-likeness (QED) is 0.527. The van der Waals surface area contributed by atoms with Gasteiger partial charge in [0.25, 0.3) is 0 Å². The minimum atomic E-state index is -3.53. The summed E-state index contributed by atoms with van der Waals surface area (Å²) in [6, 6.07) is 5.89. The Labute approximate surface area is 184 Å². The topological polar surface area (TPSA) is 91.2 Å². The molecular weight excluding hydrogens is 440 g/mol. The van der Waals surface area contributed by atoms with E-state index in [2.05, 4.69) is 9.97 Å². The maximum absolute atomic E-state index is 14.3. The summed E-state index contributed by atoms with van der Waals surface area (Å²) in [5.41, 5.74) is 0.590. The number of benzene rings is 1. The number of hydrogen-bond donors (Lipinski definition) is 0. The molecule has 0 saturated heterocycles. The number of aromatic nitrogens is 3. The van der Waals surface area contributed by atoms with Gasteiger partial charge in [0, 0.05) is 30.4 Å². The summed E-state index contributed by atoms with van der Waals surface area (Å²) >= 11 is 0. The van der Waals surface area contributed by atoms with Crippen molar-refractivity contribution in [3.8, 4) is 23.0 Å². The number of hydrogen-bond acceptors (Lipinski definition) is 6. The number of pyridine rings is 1. The van der Waals surface area contributed by atoms with Crippen molar-refractivity contribution in [1.29, 1.82) is 0 Å². The molecular formula is C22H23F2N3O4S. The van der Waals surface area contributed by atoms with Crippen LogP contribution in [0.25, 0.3) is 11.3 Å². The fourth-order valence-electron chi connectivity index (χ4n) is 2.94. The Balaban J connectivity index is 2.13. The lowest BCUT2D eigenvalue weighted by molar-refractivity contribution is 0.402. The summed E-state index contributed by atoms with van der Waals surface area (Å²) in [5, 5.41) is -0.592. The molecule has 0 aliphatic rings.